The number of aromatic amines is 1. The van der Waals surface area contributed by atoms with E-state index in [4.69, 9.17) is 16.3 Å². The first-order valence-electron chi connectivity index (χ1n) is 7.49. The number of aromatic hydroxyl groups is 1. The maximum atomic E-state index is 12.4. The molecule has 0 radical (unpaired) electrons. The molecule has 1 amide bonds. The first-order valence-corrected chi connectivity index (χ1v) is 7.86. The molecule has 0 unspecified atom stereocenters. The van der Waals surface area contributed by atoms with Crippen molar-refractivity contribution in [2.75, 3.05) is 12.4 Å². The average molecular weight is 358 g/mol. The molecule has 1 heterocycles. The van der Waals surface area contributed by atoms with Gasteiger partial charge in [-0.15, -0.1) is 0 Å². The van der Waals surface area contributed by atoms with Gasteiger partial charge in [-0.25, -0.2) is 0 Å². The summed E-state index contributed by atoms with van der Waals surface area (Å²) >= 11 is 6.05. The molecule has 128 valence electrons. The molecule has 0 atom stereocenters. The van der Waals surface area contributed by atoms with Crippen molar-refractivity contribution in [2.45, 2.75) is 6.92 Å². The van der Waals surface area contributed by atoms with E-state index in [0.717, 1.165) is 5.56 Å². The van der Waals surface area contributed by atoms with Crippen LogP contribution in [-0.2, 0) is 0 Å². The Kier molecular flexibility index (Phi) is 4.63. The number of carbonyl (C=O) groups is 1. The minimum absolute atomic E-state index is 0.142. The van der Waals surface area contributed by atoms with Crippen molar-refractivity contribution in [3.05, 3.63) is 58.7 Å². The number of phenolic OH excluding ortho intramolecular Hbond substituents is 1. The van der Waals surface area contributed by atoms with Gasteiger partial charge in [0.2, 0.25) is 0 Å². The summed E-state index contributed by atoms with van der Waals surface area (Å²) in [6.45, 7) is 1.80. The van der Waals surface area contributed by atoms with Crippen molar-refractivity contribution in [2.24, 2.45) is 0 Å². The number of amides is 1. The fourth-order valence-electron chi connectivity index (χ4n) is 2.38. The number of phenols is 1. The molecule has 0 aliphatic rings. The highest BCUT2D eigenvalue weighted by atomic mass is 35.5. The van der Waals surface area contributed by atoms with Gasteiger partial charge >= 0.3 is 0 Å². The summed E-state index contributed by atoms with van der Waals surface area (Å²) in [6.07, 6.45) is 0. The largest absolute Gasteiger partial charge is 0.507 e. The number of aromatic nitrogens is 2. The number of hydrogen-bond donors (Lipinski definition) is 3. The SMILES string of the molecule is COc1ccc(NC(=O)c2cc(-c3cccc(C)c3O)n[nH]2)cc1Cl. The van der Waals surface area contributed by atoms with Gasteiger partial charge in [0, 0.05) is 11.3 Å². The van der Waals surface area contributed by atoms with Crippen LogP contribution in [0, 0.1) is 6.92 Å². The Bertz CT molecular complexity index is 937. The molecule has 1 aromatic heterocycles. The molecule has 7 heteroatoms. The van der Waals surface area contributed by atoms with Crippen LogP contribution in [0.5, 0.6) is 11.5 Å². The summed E-state index contributed by atoms with van der Waals surface area (Å²) in [4.78, 5) is 12.4. The normalized spacial score (nSPS) is 10.5. The van der Waals surface area contributed by atoms with E-state index in [1.54, 1.807) is 43.3 Å². The monoisotopic (exact) mass is 357 g/mol. The number of halogens is 1. The molecule has 3 rings (SSSR count). The van der Waals surface area contributed by atoms with Gasteiger partial charge in [-0.1, -0.05) is 23.7 Å². The highest BCUT2D eigenvalue weighted by molar-refractivity contribution is 6.32. The molecule has 6 nitrogen and oxygen atoms in total. The van der Waals surface area contributed by atoms with Crippen molar-refractivity contribution >= 4 is 23.2 Å². The van der Waals surface area contributed by atoms with E-state index in [2.05, 4.69) is 15.5 Å². The Morgan fingerprint density at radius 3 is 2.80 bits per heavy atom. The minimum atomic E-state index is -0.368. The highest BCUT2D eigenvalue weighted by Gasteiger charge is 2.14. The Hall–Kier alpha value is -2.99. The summed E-state index contributed by atoms with van der Waals surface area (Å²) in [5.74, 6) is 0.299. The summed E-state index contributed by atoms with van der Waals surface area (Å²) in [5, 5.41) is 20.0. The topological polar surface area (TPSA) is 87.2 Å². The second-order valence-electron chi connectivity index (χ2n) is 5.44. The van der Waals surface area contributed by atoms with Crippen molar-refractivity contribution < 1.29 is 14.6 Å². The van der Waals surface area contributed by atoms with Gasteiger partial charge in [-0.05, 0) is 42.8 Å². The molecule has 0 aliphatic heterocycles. The molecule has 2 aromatic carbocycles. The van der Waals surface area contributed by atoms with Crippen LogP contribution >= 0.6 is 11.6 Å². The number of anilines is 1. The van der Waals surface area contributed by atoms with Gasteiger partial charge in [0.1, 0.15) is 17.2 Å². The maximum absolute atomic E-state index is 12.4. The first kappa shape index (κ1) is 16.9. The van der Waals surface area contributed by atoms with Gasteiger partial charge in [0.05, 0.1) is 17.8 Å². The molecule has 0 fully saturated rings. The van der Waals surface area contributed by atoms with Crippen LogP contribution in [0.25, 0.3) is 11.3 Å². The van der Waals surface area contributed by atoms with E-state index in [1.807, 2.05) is 6.07 Å². The molecule has 3 N–H and O–H groups in total. The summed E-state index contributed by atoms with van der Waals surface area (Å²) in [5.41, 5.74) is 2.58. The fourth-order valence-corrected chi connectivity index (χ4v) is 2.64. The van der Waals surface area contributed by atoms with E-state index in [0.29, 0.717) is 27.7 Å². The Balaban J connectivity index is 1.81. The number of para-hydroxylation sites is 1. The molecule has 0 saturated carbocycles. The van der Waals surface area contributed by atoms with Crippen LogP contribution in [0.1, 0.15) is 16.1 Å². The van der Waals surface area contributed by atoms with Gasteiger partial charge in [-0.2, -0.15) is 5.10 Å². The molecular weight excluding hydrogens is 342 g/mol. The van der Waals surface area contributed by atoms with Crippen LogP contribution in [-0.4, -0.2) is 28.3 Å². The van der Waals surface area contributed by atoms with Crippen molar-refractivity contribution in [3.63, 3.8) is 0 Å². The summed E-state index contributed by atoms with van der Waals surface area (Å²) < 4.78 is 5.08. The number of nitrogens with one attached hydrogen (secondary N) is 2. The van der Waals surface area contributed by atoms with Crippen LogP contribution in [0.3, 0.4) is 0 Å². The van der Waals surface area contributed by atoms with E-state index < -0.39 is 0 Å². The van der Waals surface area contributed by atoms with E-state index >= 15 is 0 Å². The molecular formula is C18H16ClN3O3. The number of methoxy groups -OCH3 is 1. The fraction of sp³-hybridized carbons (Fsp3) is 0.111. The van der Waals surface area contributed by atoms with Gasteiger partial charge in [0.15, 0.2) is 0 Å². The van der Waals surface area contributed by atoms with E-state index in [9.17, 15) is 9.90 Å². The van der Waals surface area contributed by atoms with Gasteiger partial charge in [0.25, 0.3) is 5.91 Å². The second kappa shape index (κ2) is 6.86. The van der Waals surface area contributed by atoms with Crippen LogP contribution in [0.15, 0.2) is 42.5 Å². The standard InChI is InChI=1S/C18H16ClN3O3/c1-10-4-3-5-12(17(10)23)14-9-15(22-21-14)18(24)20-11-6-7-16(25-2)13(19)8-11/h3-9,23H,1-2H3,(H,20,24)(H,21,22). The number of ether oxygens (including phenoxy) is 1. The third-order valence-corrected chi connectivity index (χ3v) is 4.04. The molecule has 0 saturated heterocycles. The zero-order valence-electron chi connectivity index (χ0n) is 13.6. The Labute approximate surface area is 149 Å². The summed E-state index contributed by atoms with van der Waals surface area (Å²) in [7, 11) is 1.52. The van der Waals surface area contributed by atoms with E-state index in [1.165, 1.54) is 7.11 Å². The number of H-pyrrole nitrogens is 1. The predicted molar refractivity (Wildman–Crippen MR) is 96.4 cm³/mol. The van der Waals surface area contributed by atoms with Crippen molar-refractivity contribution in [1.82, 2.24) is 10.2 Å². The van der Waals surface area contributed by atoms with Crippen LogP contribution < -0.4 is 10.1 Å². The zero-order chi connectivity index (χ0) is 18.0. The number of aryl methyl sites for hydroxylation is 1. The summed E-state index contributed by atoms with van der Waals surface area (Å²) in [6, 6.07) is 11.9. The lowest BCUT2D eigenvalue weighted by atomic mass is 10.1. The predicted octanol–water partition coefficient (Wildman–Crippen LogP) is 4.01. The van der Waals surface area contributed by atoms with E-state index in [-0.39, 0.29) is 17.4 Å². The molecule has 3 aromatic rings. The number of rotatable bonds is 4. The highest BCUT2D eigenvalue weighted by Crippen LogP contribution is 2.31. The lowest BCUT2D eigenvalue weighted by Crippen LogP contribution is -2.12. The molecule has 0 aliphatic carbocycles. The lowest BCUT2D eigenvalue weighted by Gasteiger charge is -2.07. The van der Waals surface area contributed by atoms with Gasteiger partial charge < -0.3 is 15.2 Å². The number of carbonyl (C=O) groups excluding carboxylic acids is 1. The average Bonchev–Trinajstić information content (AvgIpc) is 3.07. The zero-order valence-corrected chi connectivity index (χ0v) is 14.4. The third-order valence-electron chi connectivity index (χ3n) is 3.75. The van der Waals surface area contributed by atoms with Crippen LogP contribution in [0.2, 0.25) is 5.02 Å². The maximum Gasteiger partial charge on any atom is 0.273 e. The lowest BCUT2D eigenvalue weighted by molar-refractivity contribution is 0.102. The first-order chi connectivity index (χ1) is 12.0. The van der Waals surface area contributed by atoms with Crippen molar-refractivity contribution in [1.29, 1.82) is 0 Å². The number of nitrogens with zero attached hydrogens (tertiary/aromatic N) is 1. The van der Waals surface area contributed by atoms with Crippen LogP contribution in [0.4, 0.5) is 5.69 Å². The van der Waals surface area contributed by atoms with Crippen molar-refractivity contribution in [3.8, 4) is 22.8 Å². The number of hydrogen-bond acceptors (Lipinski definition) is 4. The molecule has 25 heavy (non-hydrogen) atoms. The quantitative estimate of drug-likeness (QED) is 0.658. The molecule has 0 spiro atoms. The third kappa shape index (κ3) is 3.44. The van der Waals surface area contributed by atoms with Gasteiger partial charge in [-0.3, -0.25) is 9.89 Å². The molecule has 0 bridgehead atoms. The smallest absolute Gasteiger partial charge is 0.273 e. The Morgan fingerprint density at radius 2 is 2.08 bits per heavy atom. The Morgan fingerprint density at radius 1 is 1.28 bits per heavy atom. The number of benzene rings is 2. The second-order valence-corrected chi connectivity index (χ2v) is 5.85. The minimum Gasteiger partial charge on any atom is -0.507 e.